The summed E-state index contributed by atoms with van der Waals surface area (Å²) in [7, 11) is 0. The summed E-state index contributed by atoms with van der Waals surface area (Å²) in [6.07, 6.45) is 0.429. The minimum atomic E-state index is -1.04. The highest BCUT2D eigenvalue weighted by molar-refractivity contribution is 5.90. The molecule has 0 bridgehead atoms. The minimum Gasteiger partial charge on any atom is -0.481 e. The summed E-state index contributed by atoms with van der Waals surface area (Å²) < 4.78 is 6.33. The molecule has 0 saturated carbocycles. The van der Waals surface area contributed by atoms with Crippen LogP contribution in [0.5, 0.6) is 0 Å². The topological polar surface area (TPSA) is 107 Å². The van der Waals surface area contributed by atoms with Gasteiger partial charge in [-0.2, -0.15) is 4.68 Å². The Morgan fingerprint density at radius 3 is 2.90 bits per heavy atom. The minimum absolute atomic E-state index is 0.182. The number of aromatic nitrogens is 4. The van der Waals surface area contributed by atoms with E-state index in [1.807, 2.05) is 6.92 Å². The van der Waals surface area contributed by atoms with Gasteiger partial charge in [0.1, 0.15) is 6.42 Å². The fourth-order valence-electron chi connectivity index (χ4n) is 1.69. The highest BCUT2D eigenvalue weighted by Crippen LogP contribution is 2.12. The second kappa shape index (κ2) is 6.60. The van der Waals surface area contributed by atoms with Crippen LogP contribution in [0.25, 0.3) is 5.69 Å². The smallest absolute Gasteiger partial charge is 0.338 e. The van der Waals surface area contributed by atoms with Crippen LogP contribution in [-0.4, -0.2) is 43.9 Å². The average Bonchev–Trinajstić information content (AvgIpc) is 2.92. The summed E-state index contributed by atoms with van der Waals surface area (Å²) in [5, 5.41) is 19.7. The predicted octanol–water partition coefficient (Wildman–Crippen LogP) is 0.856. The van der Waals surface area contributed by atoms with Crippen LogP contribution in [0.15, 0.2) is 24.3 Å². The molecule has 0 fully saturated rings. The molecule has 21 heavy (non-hydrogen) atoms. The number of hydrogen-bond donors (Lipinski definition) is 1. The van der Waals surface area contributed by atoms with Gasteiger partial charge in [-0.15, -0.1) is 5.10 Å². The fourth-order valence-corrected chi connectivity index (χ4v) is 1.69. The van der Waals surface area contributed by atoms with E-state index in [2.05, 4.69) is 15.5 Å². The highest BCUT2D eigenvalue weighted by atomic mass is 16.5. The van der Waals surface area contributed by atoms with Crippen LogP contribution in [0.4, 0.5) is 0 Å². The number of tetrazole rings is 1. The van der Waals surface area contributed by atoms with Crippen molar-refractivity contribution in [1.82, 2.24) is 20.2 Å². The lowest BCUT2D eigenvalue weighted by molar-refractivity contribution is -0.136. The zero-order chi connectivity index (χ0) is 15.2. The monoisotopic (exact) mass is 290 g/mol. The number of carbonyl (C=O) groups is 2. The Labute approximate surface area is 120 Å². The summed E-state index contributed by atoms with van der Waals surface area (Å²) in [6, 6.07) is 6.50. The maximum absolute atomic E-state index is 11.8. The van der Waals surface area contributed by atoms with Crippen molar-refractivity contribution >= 4 is 11.9 Å². The first-order valence-electron chi connectivity index (χ1n) is 6.38. The molecule has 2 rings (SSSR count). The molecule has 0 aliphatic rings. The first-order valence-corrected chi connectivity index (χ1v) is 6.38. The van der Waals surface area contributed by atoms with E-state index < -0.39 is 11.9 Å². The van der Waals surface area contributed by atoms with Gasteiger partial charge in [0.05, 0.1) is 17.9 Å². The molecule has 1 heterocycles. The summed E-state index contributed by atoms with van der Waals surface area (Å²) >= 11 is 0. The molecule has 110 valence electrons. The van der Waals surface area contributed by atoms with Crippen molar-refractivity contribution in [2.45, 2.75) is 19.8 Å². The van der Waals surface area contributed by atoms with Crippen LogP contribution in [0.2, 0.25) is 0 Å². The van der Waals surface area contributed by atoms with E-state index in [4.69, 9.17) is 9.84 Å². The Hall–Kier alpha value is -2.77. The van der Waals surface area contributed by atoms with E-state index in [1.54, 1.807) is 24.3 Å². The molecular formula is C13H14N4O4. The lowest BCUT2D eigenvalue weighted by Gasteiger charge is -2.06. The Balaban J connectivity index is 2.27. The van der Waals surface area contributed by atoms with E-state index >= 15 is 0 Å². The number of aliphatic carboxylic acids is 1. The van der Waals surface area contributed by atoms with Gasteiger partial charge in [-0.3, -0.25) is 4.79 Å². The first kappa shape index (κ1) is 14.6. The third kappa shape index (κ3) is 3.62. The van der Waals surface area contributed by atoms with Gasteiger partial charge in [0.25, 0.3) is 0 Å². The molecule has 0 atom stereocenters. The Morgan fingerprint density at radius 1 is 1.38 bits per heavy atom. The van der Waals surface area contributed by atoms with Gasteiger partial charge in [0.15, 0.2) is 5.82 Å². The van der Waals surface area contributed by atoms with Crippen LogP contribution >= 0.6 is 0 Å². The Morgan fingerprint density at radius 2 is 2.19 bits per heavy atom. The molecule has 1 aromatic carbocycles. The number of esters is 1. The summed E-state index contributed by atoms with van der Waals surface area (Å²) in [4.78, 5) is 22.6. The molecule has 0 saturated heterocycles. The molecular weight excluding hydrogens is 276 g/mol. The van der Waals surface area contributed by atoms with Gasteiger partial charge in [-0.1, -0.05) is 13.0 Å². The Bertz CT molecular complexity index is 653. The number of nitrogens with zero attached hydrogens (tertiary/aromatic N) is 4. The van der Waals surface area contributed by atoms with Crippen LogP contribution in [0.3, 0.4) is 0 Å². The normalized spacial score (nSPS) is 10.3. The van der Waals surface area contributed by atoms with Gasteiger partial charge < -0.3 is 9.84 Å². The van der Waals surface area contributed by atoms with Crippen molar-refractivity contribution in [3.8, 4) is 5.69 Å². The molecule has 0 radical (unpaired) electrons. The second-order valence-electron chi connectivity index (χ2n) is 4.26. The van der Waals surface area contributed by atoms with Crippen molar-refractivity contribution in [3.63, 3.8) is 0 Å². The summed E-state index contributed by atoms with van der Waals surface area (Å²) in [6.45, 7) is 2.25. The zero-order valence-corrected chi connectivity index (χ0v) is 11.4. The molecule has 8 nitrogen and oxygen atoms in total. The van der Waals surface area contributed by atoms with Crippen LogP contribution < -0.4 is 0 Å². The summed E-state index contributed by atoms with van der Waals surface area (Å²) in [5.74, 6) is -1.29. The molecule has 0 aliphatic heterocycles. The van der Waals surface area contributed by atoms with E-state index in [-0.39, 0.29) is 12.2 Å². The molecule has 0 amide bonds. The number of carboxylic acid groups (broad SMARTS) is 1. The quantitative estimate of drug-likeness (QED) is 0.786. The number of hydrogen-bond acceptors (Lipinski definition) is 6. The summed E-state index contributed by atoms with van der Waals surface area (Å²) in [5.41, 5.74) is 0.861. The molecule has 1 N–H and O–H groups in total. The number of carboxylic acids is 1. The second-order valence-corrected chi connectivity index (χ2v) is 4.26. The molecule has 2 aromatic rings. The van der Waals surface area contributed by atoms with Gasteiger partial charge in [0, 0.05) is 0 Å². The first-order chi connectivity index (χ1) is 10.1. The Kier molecular flexibility index (Phi) is 4.60. The highest BCUT2D eigenvalue weighted by Gasteiger charge is 2.14. The number of carbonyl (C=O) groups excluding carboxylic acids is 1. The molecule has 1 aromatic heterocycles. The molecule has 0 aliphatic carbocycles. The third-order valence-corrected chi connectivity index (χ3v) is 2.61. The molecule has 0 unspecified atom stereocenters. The van der Waals surface area contributed by atoms with Crippen molar-refractivity contribution in [2.75, 3.05) is 6.61 Å². The number of rotatable bonds is 6. The number of ether oxygens (including phenoxy) is 1. The SMILES string of the molecule is CCCOC(=O)c1cccc(-n2nnnc2CC(=O)O)c1. The van der Waals surface area contributed by atoms with Gasteiger partial charge in [0.2, 0.25) is 0 Å². The maximum Gasteiger partial charge on any atom is 0.338 e. The predicted molar refractivity (Wildman–Crippen MR) is 71.1 cm³/mol. The van der Waals surface area contributed by atoms with E-state index in [9.17, 15) is 9.59 Å². The van der Waals surface area contributed by atoms with Crippen molar-refractivity contribution in [2.24, 2.45) is 0 Å². The average molecular weight is 290 g/mol. The maximum atomic E-state index is 11.8. The zero-order valence-electron chi connectivity index (χ0n) is 11.4. The lowest BCUT2D eigenvalue weighted by atomic mass is 10.2. The van der Waals surface area contributed by atoms with E-state index in [0.29, 0.717) is 17.9 Å². The standard InChI is InChI=1S/C13H14N4O4/c1-2-6-21-13(20)9-4-3-5-10(7-9)17-11(8-12(18)19)14-15-16-17/h3-5,7H,2,6,8H2,1H3,(H,18,19). The van der Waals surface area contributed by atoms with Gasteiger partial charge in [-0.25, -0.2) is 4.79 Å². The van der Waals surface area contributed by atoms with E-state index in [1.165, 1.54) is 4.68 Å². The fraction of sp³-hybridized carbons (Fsp3) is 0.308. The van der Waals surface area contributed by atoms with Crippen LogP contribution in [0.1, 0.15) is 29.5 Å². The van der Waals surface area contributed by atoms with Gasteiger partial charge in [-0.05, 0) is 35.0 Å². The molecule has 0 spiro atoms. The van der Waals surface area contributed by atoms with Crippen molar-refractivity contribution < 1.29 is 19.4 Å². The van der Waals surface area contributed by atoms with Crippen molar-refractivity contribution in [3.05, 3.63) is 35.7 Å². The van der Waals surface area contributed by atoms with Crippen molar-refractivity contribution in [1.29, 1.82) is 0 Å². The lowest BCUT2D eigenvalue weighted by Crippen LogP contribution is -2.11. The van der Waals surface area contributed by atoms with E-state index in [0.717, 1.165) is 6.42 Å². The largest absolute Gasteiger partial charge is 0.481 e. The van der Waals surface area contributed by atoms with Crippen LogP contribution in [0, 0.1) is 0 Å². The van der Waals surface area contributed by atoms with Gasteiger partial charge >= 0.3 is 11.9 Å². The number of benzene rings is 1. The van der Waals surface area contributed by atoms with Crippen LogP contribution in [-0.2, 0) is 16.0 Å². The molecule has 8 heteroatoms. The third-order valence-electron chi connectivity index (χ3n) is 2.61.